The van der Waals surface area contributed by atoms with Gasteiger partial charge in [-0.2, -0.15) is 0 Å². The van der Waals surface area contributed by atoms with Crippen molar-refractivity contribution in [3.8, 4) is 11.5 Å². The van der Waals surface area contributed by atoms with Crippen molar-refractivity contribution in [2.24, 2.45) is 7.05 Å². The van der Waals surface area contributed by atoms with Crippen LogP contribution < -0.4 is 9.47 Å². The molecular weight excluding hydrogens is 349 g/mol. The number of aromatic nitrogens is 4. The van der Waals surface area contributed by atoms with Crippen molar-refractivity contribution in [2.45, 2.75) is 19.0 Å². The number of hydrogen-bond acceptors (Lipinski definition) is 5. The van der Waals surface area contributed by atoms with Crippen LogP contribution in [0.3, 0.4) is 0 Å². The highest BCUT2D eigenvalue weighted by molar-refractivity contribution is 5.47. The van der Waals surface area contributed by atoms with Crippen LogP contribution in [0.1, 0.15) is 28.8 Å². The number of benzene rings is 1. The highest BCUT2D eigenvalue weighted by atomic mass is 19.1. The number of nitrogens with one attached hydrogen (secondary N) is 1. The summed E-state index contributed by atoms with van der Waals surface area (Å²) in [6.45, 7) is 1.36. The van der Waals surface area contributed by atoms with Gasteiger partial charge in [0.15, 0.2) is 11.5 Å². The van der Waals surface area contributed by atoms with E-state index >= 15 is 4.39 Å². The minimum absolute atomic E-state index is 0.337. The number of methoxy groups -OCH3 is 2. The predicted octanol–water partition coefficient (Wildman–Crippen LogP) is 2.45. The van der Waals surface area contributed by atoms with Gasteiger partial charge in [0.25, 0.3) is 0 Å². The molecule has 0 saturated carbocycles. The first-order chi connectivity index (χ1) is 13.1. The van der Waals surface area contributed by atoms with Gasteiger partial charge in [0.05, 0.1) is 38.8 Å². The van der Waals surface area contributed by atoms with E-state index in [0.717, 1.165) is 30.2 Å². The maximum Gasteiger partial charge on any atom is 0.163 e. The fourth-order valence-electron chi connectivity index (χ4n) is 3.65. The molecule has 0 bridgehead atoms. The van der Waals surface area contributed by atoms with Gasteiger partial charge in [-0.1, -0.05) is 0 Å². The van der Waals surface area contributed by atoms with Crippen molar-refractivity contribution in [3.63, 3.8) is 0 Å². The Balaban J connectivity index is 1.80. The number of rotatable bonds is 5. The van der Waals surface area contributed by atoms with E-state index in [1.54, 1.807) is 25.7 Å². The van der Waals surface area contributed by atoms with Crippen LogP contribution in [-0.4, -0.2) is 45.2 Å². The molecule has 0 saturated heterocycles. The van der Waals surface area contributed by atoms with Crippen molar-refractivity contribution in [3.05, 3.63) is 59.4 Å². The molecule has 8 heteroatoms. The lowest BCUT2D eigenvalue weighted by Gasteiger charge is -2.35. The van der Waals surface area contributed by atoms with Gasteiger partial charge < -0.3 is 19.0 Å². The van der Waals surface area contributed by atoms with Crippen LogP contribution in [0.25, 0.3) is 0 Å². The average molecular weight is 371 g/mol. The number of fused-ring (bicyclic) bond motifs is 1. The Morgan fingerprint density at radius 2 is 2.00 bits per heavy atom. The van der Waals surface area contributed by atoms with E-state index in [9.17, 15) is 0 Å². The van der Waals surface area contributed by atoms with Crippen LogP contribution in [0, 0.1) is 5.82 Å². The van der Waals surface area contributed by atoms with Gasteiger partial charge in [-0.15, -0.1) is 0 Å². The summed E-state index contributed by atoms with van der Waals surface area (Å²) in [4.78, 5) is 14.3. The first-order valence-corrected chi connectivity index (χ1v) is 8.76. The lowest BCUT2D eigenvalue weighted by molar-refractivity contribution is 0.189. The number of aryl methyl sites for hydroxylation is 1. The minimum atomic E-state index is -0.349. The van der Waals surface area contributed by atoms with E-state index in [1.165, 1.54) is 13.2 Å². The van der Waals surface area contributed by atoms with Crippen molar-refractivity contribution in [1.82, 2.24) is 24.4 Å². The summed E-state index contributed by atoms with van der Waals surface area (Å²) in [6.07, 6.45) is 6.17. The molecule has 0 aliphatic carbocycles. The molecular formula is C19H22FN5O2. The number of hydrogen-bond donors (Lipinski definition) is 1. The Hall–Kier alpha value is -2.87. The topological polar surface area (TPSA) is 68.2 Å². The maximum atomic E-state index is 15.0. The van der Waals surface area contributed by atoms with Crippen molar-refractivity contribution < 1.29 is 13.9 Å². The molecule has 0 amide bonds. The Bertz CT molecular complexity index is 951. The molecule has 1 unspecified atom stereocenters. The molecule has 7 nitrogen and oxygen atoms in total. The number of nitrogens with zero attached hydrogens (tertiary/aromatic N) is 4. The second kappa shape index (κ2) is 7.03. The third-order valence-electron chi connectivity index (χ3n) is 5.09. The van der Waals surface area contributed by atoms with Crippen LogP contribution in [0.15, 0.2) is 30.9 Å². The first-order valence-electron chi connectivity index (χ1n) is 8.76. The average Bonchev–Trinajstić information content (AvgIpc) is 3.31. The fourth-order valence-corrected chi connectivity index (χ4v) is 3.65. The lowest BCUT2D eigenvalue weighted by Crippen LogP contribution is -2.37. The number of imidazole rings is 2. The highest BCUT2D eigenvalue weighted by Crippen LogP contribution is 2.39. The van der Waals surface area contributed by atoms with Crippen LogP contribution in [0.4, 0.5) is 4.39 Å². The summed E-state index contributed by atoms with van der Waals surface area (Å²) < 4.78 is 27.6. The van der Waals surface area contributed by atoms with Gasteiger partial charge in [-0.05, 0) is 6.07 Å². The molecule has 3 aromatic rings. The minimum Gasteiger partial charge on any atom is -0.493 e. The molecule has 3 heterocycles. The third kappa shape index (κ3) is 3.06. The number of aromatic amines is 1. The van der Waals surface area contributed by atoms with Gasteiger partial charge in [0.2, 0.25) is 0 Å². The molecule has 1 aromatic carbocycles. The van der Waals surface area contributed by atoms with Crippen LogP contribution >= 0.6 is 0 Å². The van der Waals surface area contributed by atoms with E-state index in [-0.39, 0.29) is 11.9 Å². The first kappa shape index (κ1) is 17.5. The molecule has 4 rings (SSSR count). The smallest absolute Gasteiger partial charge is 0.163 e. The number of ether oxygens (including phenoxy) is 2. The fraction of sp³-hybridized carbons (Fsp3) is 0.368. The maximum absolute atomic E-state index is 15.0. The second-order valence-electron chi connectivity index (χ2n) is 6.57. The SMILES string of the molecule is COc1cc(F)c(C2c3nc[nH]c3CCN2Cc2nccn2C)cc1OC. The zero-order valence-corrected chi connectivity index (χ0v) is 15.6. The zero-order valence-electron chi connectivity index (χ0n) is 15.6. The molecule has 1 atom stereocenters. The van der Waals surface area contributed by atoms with E-state index in [1.807, 2.05) is 17.8 Å². The van der Waals surface area contributed by atoms with E-state index in [4.69, 9.17) is 9.47 Å². The van der Waals surface area contributed by atoms with Gasteiger partial charge >= 0.3 is 0 Å². The summed E-state index contributed by atoms with van der Waals surface area (Å²) in [5.41, 5.74) is 2.38. The molecule has 0 spiro atoms. The third-order valence-corrected chi connectivity index (χ3v) is 5.09. The molecule has 142 valence electrons. The van der Waals surface area contributed by atoms with Gasteiger partial charge in [0.1, 0.15) is 11.6 Å². The molecule has 1 aliphatic heterocycles. The Morgan fingerprint density at radius 3 is 2.70 bits per heavy atom. The highest BCUT2D eigenvalue weighted by Gasteiger charge is 2.34. The summed E-state index contributed by atoms with van der Waals surface area (Å²) in [5.74, 6) is 1.43. The van der Waals surface area contributed by atoms with E-state index < -0.39 is 0 Å². The van der Waals surface area contributed by atoms with E-state index in [0.29, 0.717) is 23.6 Å². The molecule has 1 N–H and O–H groups in total. The number of halogens is 1. The zero-order chi connectivity index (χ0) is 19.0. The lowest BCUT2D eigenvalue weighted by atomic mass is 9.94. The Kier molecular flexibility index (Phi) is 4.57. The van der Waals surface area contributed by atoms with Crippen molar-refractivity contribution >= 4 is 0 Å². The van der Waals surface area contributed by atoms with E-state index in [2.05, 4.69) is 19.9 Å². The normalized spacial score (nSPS) is 17.0. The predicted molar refractivity (Wildman–Crippen MR) is 97.3 cm³/mol. The second-order valence-corrected chi connectivity index (χ2v) is 6.57. The summed E-state index contributed by atoms with van der Waals surface area (Å²) in [7, 11) is 5.00. The van der Waals surface area contributed by atoms with Gasteiger partial charge in [0, 0.05) is 49.7 Å². The Labute approximate surface area is 156 Å². The quantitative estimate of drug-likeness (QED) is 0.746. The van der Waals surface area contributed by atoms with Crippen LogP contribution in [0.2, 0.25) is 0 Å². The molecule has 2 aromatic heterocycles. The summed E-state index contributed by atoms with van der Waals surface area (Å²) >= 11 is 0. The number of H-pyrrole nitrogens is 1. The van der Waals surface area contributed by atoms with Gasteiger partial charge in [-0.25, -0.2) is 14.4 Å². The van der Waals surface area contributed by atoms with Crippen molar-refractivity contribution in [2.75, 3.05) is 20.8 Å². The summed E-state index contributed by atoms with van der Waals surface area (Å²) in [6, 6.07) is 2.73. The Morgan fingerprint density at radius 1 is 1.22 bits per heavy atom. The summed E-state index contributed by atoms with van der Waals surface area (Å²) in [5, 5.41) is 0. The van der Waals surface area contributed by atoms with Gasteiger partial charge in [-0.3, -0.25) is 4.90 Å². The molecule has 27 heavy (non-hydrogen) atoms. The standard InChI is InChI=1S/C19H22FN5O2/c1-24-7-5-21-17(24)10-25-6-4-14-18(23-11-22-14)19(25)12-8-15(26-2)16(27-3)9-13(12)20/h5,7-9,11,19H,4,6,10H2,1-3H3,(H,22,23). The van der Waals surface area contributed by atoms with Crippen molar-refractivity contribution in [1.29, 1.82) is 0 Å². The van der Waals surface area contributed by atoms with Crippen LogP contribution in [-0.2, 0) is 20.0 Å². The largest absolute Gasteiger partial charge is 0.493 e. The molecule has 0 radical (unpaired) electrons. The molecule has 1 aliphatic rings. The monoisotopic (exact) mass is 371 g/mol. The van der Waals surface area contributed by atoms with Crippen LogP contribution in [0.5, 0.6) is 11.5 Å². The molecule has 0 fully saturated rings.